The minimum Gasteiger partial charge on any atom is -0.493 e. The van der Waals surface area contributed by atoms with E-state index >= 15 is 0 Å². The fourth-order valence-corrected chi connectivity index (χ4v) is 4.02. The molecule has 7 heteroatoms. The molecule has 1 aliphatic rings. The van der Waals surface area contributed by atoms with Crippen molar-refractivity contribution >= 4 is 51.9 Å². The van der Waals surface area contributed by atoms with E-state index in [-0.39, 0.29) is 11.6 Å². The summed E-state index contributed by atoms with van der Waals surface area (Å²) in [6.45, 7) is 0.291. The number of nitrogens with zero attached hydrogens (tertiary/aromatic N) is 1. The molecule has 0 bridgehead atoms. The molecule has 0 unspecified atom stereocenters. The van der Waals surface area contributed by atoms with Crippen LogP contribution < -0.4 is 9.47 Å². The number of carbonyl (C=O) groups is 1. The Morgan fingerprint density at radius 3 is 2.51 bits per heavy atom. The number of esters is 1. The number of ether oxygens (including phenoxy) is 3. The Bertz CT molecular complexity index is 1510. The Morgan fingerprint density at radius 1 is 0.886 bits per heavy atom. The van der Waals surface area contributed by atoms with Crippen molar-refractivity contribution in [1.29, 1.82) is 0 Å². The molecule has 0 aromatic heterocycles. The van der Waals surface area contributed by atoms with Crippen molar-refractivity contribution in [1.82, 2.24) is 0 Å². The van der Waals surface area contributed by atoms with Crippen molar-refractivity contribution in [3.8, 4) is 11.5 Å². The Balaban J connectivity index is 1.36. The van der Waals surface area contributed by atoms with Gasteiger partial charge in [0.15, 0.2) is 17.2 Å². The molecule has 5 nitrogen and oxygen atoms in total. The van der Waals surface area contributed by atoms with Crippen molar-refractivity contribution in [2.45, 2.75) is 6.61 Å². The highest BCUT2D eigenvalue weighted by Crippen LogP contribution is 2.31. The van der Waals surface area contributed by atoms with Gasteiger partial charge in [0, 0.05) is 5.56 Å². The highest BCUT2D eigenvalue weighted by Gasteiger charge is 2.24. The molecule has 1 aliphatic heterocycles. The summed E-state index contributed by atoms with van der Waals surface area (Å²) >= 11 is 12.0. The van der Waals surface area contributed by atoms with E-state index in [1.54, 1.807) is 37.5 Å². The van der Waals surface area contributed by atoms with Gasteiger partial charge in [-0.1, -0.05) is 65.7 Å². The minimum atomic E-state index is -0.507. The lowest BCUT2D eigenvalue weighted by Crippen LogP contribution is -2.05. The molecule has 4 aromatic rings. The standard InChI is InChI=1S/C28H19Cl2NO4/c1-33-26-14-17(7-11-25(26)34-16-18-6-10-22(29)23(30)12-18)13-24-28(32)35-27(31-24)21-9-8-19-4-2-3-5-20(19)15-21/h2-15H,16H2,1H3/b24-13-. The number of benzene rings is 4. The predicted octanol–water partition coefficient (Wildman–Crippen LogP) is 7.08. The first-order chi connectivity index (χ1) is 17.0. The van der Waals surface area contributed by atoms with Crippen molar-refractivity contribution in [2.24, 2.45) is 4.99 Å². The maximum absolute atomic E-state index is 12.5. The maximum Gasteiger partial charge on any atom is 0.363 e. The second-order valence-electron chi connectivity index (χ2n) is 7.85. The molecule has 4 aromatic carbocycles. The van der Waals surface area contributed by atoms with Gasteiger partial charge in [0.1, 0.15) is 6.61 Å². The van der Waals surface area contributed by atoms with Crippen molar-refractivity contribution < 1.29 is 19.0 Å². The van der Waals surface area contributed by atoms with E-state index in [9.17, 15) is 4.79 Å². The summed E-state index contributed by atoms with van der Waals surface area (Å²) in [6.07, 6.45) is 1.65. The van der Waals surface area contributed by atoms with Gasteiger partial charge in [0.05, 0.1) is 17.2 Å². The molecule has 0 fully saturated rings. The number of hydrogen-bond acceptors (Lipinski definition) is 5. The molecule has 0 radical (unpaired) electrons. The van der Waals surface area contributed by atoms with Crippen LogP contribution in [0.4, 0.5) is 0 Å². The average molecular weight is 504 g/mol. The van der Waals surface area contributed by atoms with E-state index in [0.717, 1.165) is 27.5 Å². The predicted molar refractivity (Wildman–Crippen MR) is 138 cm³/mol. The summed E-state index contributed by atoms with van der Waals surface area (Å²) in [5.74, 6) is 0.840. The van der Waals surface area contributed by atoms with E-state index in [1.165, 1.54) is 0 Å². The number of rotatable bonds is 6. The summed E-state index contributed by atoms with van der Waals surface area (Å²) in [6, 6.07) is 24.5. The van der Waals surface area contributed by atoms with Crippen LogP contribution in [-0.2, 0) is 16.1 Å². The van der Waals surface area contributed by atoms with Crippen molar-refractivity contribution in [3.63, 3.8) is 0 Å². The zero-order chi connectivity index (χ0) is 24.4. The molecule has 35 heavy (non-hydrogen) atoms. The minimum absolute atomic E-state index is 0.208. The number of halogens is 2. The topological polar surface area (TPSA) is 57.1 Å². The van der Waals surface area contributed by atoms with Gasteiger partial charge in [-0.25, -0.2) is 9.79 Å². The molecule has 0 spiro atoms. The summed E-state index contributed by atoms with van der Waals surface area (Å²) in [7, 11) is 1.55. The van der Waals surface area contributed by atoms with Gasteiger partial charge in [-0.15, -0.1) is 0 Å². The molecular weight excluding hydrogens is 485 g/mol. The van der Waals surface area contributed by atoms with E-state index in [0.29, 0.717) is 28.2 Å². The second kappa shape index (κ2) is 9.82. The van der Waals surface area contributed by atoms with Gasteiger partial charge in [0.2, 0.25) is 5.90 Å². The molecule has 0 aliphatic carbocycles. The van der Waals surface area contributed by atoms with Crippen molar-refractivity contribution in [3.05, 3.63) is 111 Å². The van der Waals surface area contributed by atoms with Crippen LogP contribution in [0.1, 0.15) is 16.7 Å². The van der Waals surface area contributed by atoms with Crippen LogP contribution in [0.5, 0.6) is 11.5 Å². The molecule has 1 heterocycles. The molecule has 5 rings (SSSR count). The van der Waals surface area contributed by atoms with Crippen LogP contribution in [-0.4, -0.2) is 19.0 Å². The quantitative estimate of drug-likeness (QED) is 0.208. The summed E-state index contributed by atoms with van der Waals surface area (Å²) in [4.78, 5) is 16.9. The number of methoxy groups -OCH3 is 1. The monoisotopic (exact) mass is 503 g/mol. The third-order valence-corrected chi connectivity index (χ3v) is 6.23. The lowest BCUT2D eigenvalue weighted by atomic mass is 10.1. The maximum atomic E-state index is 12.5. The lowest BCUT2D eigenvalue weighted by molar-refractivity contribution is -0.129. The average Bonchev–Trinajstić information content (AvgIpc) is 3.24. The fraction of sp³-hybridized carbons (Fsp3) is 0.0714. The summed E-state index contributed by atoms with van der Waals surface area (Å²) in [5.41, 5.74) is 2.54. The van der Waals surface area contributed by atoms with Gasteiger partial charge in [-0.2, -0.15) is 0 Å². The Morgan fingerprint density at radius 2 is 1.71 bits per heavy atom. The smallest absolute Gasteiger partial charge is 0.363 e. The molecule has 174 valence electrons. The third-order valence-electron chi connectivity index (χ3n) is 5.49. The molecule has 0 saturated carbocycles. The number of cyclic esters (lactones) is 1. The number of hydrogen-bond donors (Lipinski definition) is 0. The second-order valence-corrected chi connectivity index (χ2v) is 8.66. The van der Waals surface area contributed by atoms with Gasteiger partial charge in [-0.3, -0.25) is 0 Å². The van der Waals surface area contributed by atoms with Gasteiger partial charge in [0.25, 0.3) is 0 Å². The number of aliphatic imine (C=N–C) groups is 1. The lowest BCUT2D eigenvalue weighted by Gasteiger charge is -2.12. The summed E-state index contributed by atoms with van der Waals surface area (Å²) in [5, 5.41) is 3.10. The molecule has 0 N–H and O–H groups in total. The molecule has 0 amide bonds. The SMILES string of the molecule is COc1cc(/C=C2\N=C(c3ccc4ccccc4c3)OC2=O)ccc1OCc1ccc(Cl)c(Cl)c1. The molecule has 0 saturated heterocycles. The summed E-state index contributed by atoms with van der Waals surface area (Å²) < 4.78 is 16.8. The normalized spacial score (nSPS) is 14.2. The van der Waals surface area contributed by atoms with Gasteiger partial charge in [-0.05, 0) is 64.4 Å². The van der Waals surface area contributed by atoms with Crippen LogP contribution in [0.15, 0.2) is 89.6 Å². The zero-order valence-corrected chi connectivity index (χ0v) is 20.1. The first kappa shape index (κ1) is 23.0. The van der Waals surface area contributed by atoms with E-state index in [1.807, 2.05) is 54.6 Å². The van der Waals surface area contributed by atoms with Crippen LogP contribution in [0, 0.1) is 0 Å². The molecule has 0 atom stereocenters. The van der Waals surface area contributed by atoms with Crippen LogP contribution in [0.3, 0.4) is 0 Å². The fourth-order valence-electron chi connectivity index (χ4n) is 3.70. The van der Waals surface area contributed by atoms with E-state index < -0.39 is 5.97 Å². The van der Waals surface area contributed by atoms with Crippen molar-refractivity contribution in [2.75, 3.05) is 7.11 Å². The first-order valence-electron chi connectivity index (χ1n) is 10.8. The Kier molecular flexibility index (Phi) is 6.45. The van der Waals surface area contributed by atoms with Gasteiger partial charge < -0.3 is 14.2 Å². The van der Waals surface area contributed by atoms with E-state index in [4.69, 9.17) is 37.4 Å². The van der Waals surface area contributed by atoms with Crippen LogP contribution >= 0.6 is 23.2 Å². The number of carbonyl (C=O) groups excluding carboxylic acids is 1. The molecular formula is C28H19Cl2NO4. The van der Waals surface area contributed by atoms with Crippen LogP contribution in [0.25, 0.3) is 16.8 Å². The first-order valence-corrected chi connectivity index (χ1v) is 11.5. The Labute approximate surface area is 212 Å². The van der Waals surface area contributed by atoms with Crippen LogP contribution in [0.2, 0.25) is 10.0 Å². The highest BCUT2D eigenvalue weighted by molar-refractivity contribution is 6.42. The highest BCUT2D eigenvalue weighted by atomic mass is 35.5. The number of fused-ring (bicyclic) bond motifs is 1. The van der Waals surface area contributed by atoms with Gasteiger partial charge >= 0.3 is 5.97 Å². The zero-order valence-electron chi connectivity index (χ0n) is 18.6. The third kappa shape index (κ3) is 5.02. The Hall–Kier alpha value is -3.80. The largest absolute Gasteiger partial charge is 0.493 e. The van der Waals surface area contributed by atoms with E-state index in [2.05, 4.69) is 4.99 Å².